The summed E-state index contributed by atoms with van der Waals surface area (Å²) in [6.45, 7) is 2.96. The van der Waals surface area contributed by atoms with Gasteiger partial charge in [0, 0.05) is 50.6 Å². The fourth-order valence-corrected chi connectivity index (χ4v) is 4.83. The molecular weight excluding hydrogens is 513 g/mol. The van der Waals surface area contributed by atoms with Crippen molar-refractivity contribution in [2.24, 2.45) is 0 Å². The van der Waals surface area contributed by atoms with Crippen molar-refractivity contribution < 1.29 is 19.2 Å². The molecule has 4 aromatic rings. The number of piperazine rings is 1. The molecule has 0 atom stereocenters. The second kappa shape index (κ2) is 12.0. The number of aromatic nitrogens is 2. The van der Waals surface area contributed by atoms with Crippen LogP contribution < -0.4 is 11.0 Å². The molecule has 2 amide bonds. The van der Waals surface area contributed by atoms with Gasteiger partial charge in [0.25, 0.3) is 17.4 Å². The predicted molar refractivity (Wildman–Crippen MR) is 148 cm³/mol. The van der Waals surface area contributed by atoms with Gasteiger partial charge in [0.2, 0.25) is 0 Å². The Morgan fingerprint density at radius 3 is 2.40 bits per heavy atom. The van der Waals surface area contributed by atoms with Crippen LogP contribution in [0.2, 0.25) is 0 Å². The van der Waals surface area contributed by atoms with Crippen molar-refractivity contribution in [1.29, 1.82) is 0 Å². The first kappa shape index (κ1) is 26.9. The summed E-state index contributed by atoms with van der Waals surface area (Å²) in [6.07, 6.45) is 3.19. The van der Waals surface area contributed by atoms with Gasteiger partial charge in [-0.1, -0.05) is 48.5 Å². The molecule has 1 saturated heterocycles. The minimum Gasteiger partial charge on any atom is -0.336 e. The topological polar surface area (TPSA) is 119 Å². The Kier molecular flexibility index (Phi) is 8.09. The lowest BCUT2D eigenvalue weighted by Crippen LogP contribution is -2.48. The number of aromatic amines is 1. The third kappa shape index (κ3) is 6.14. The van der Waals surface area contributed by atoms with E-state index >= 15 is 0 Å². The van der Waals surface area contributed by atoms with Crippen LogP contribution in [0.25, 0.3) is 16.8 Å². The number of carbonyl (C=O) groups is 2. The van der Waals surface area contributed by atoms with E-state index < -0.39 is 11.7 Å². The first-order valence-electron chi connectivity index (χ1n) is 12.9. The van der Waals surface area contributed by atoms with Crippen molar-refractivity contribution in [2.75, 3.05) is 26.2 Å². The molecule has 10 heteroatoms. The van der Waals surface area contributed by atoms with E-state index in [4.69, 9.17) is 5.21 Å². The number of H-pyrrole nitrogens is 1. The molecule has 0 aliphatic carbocycles. The zero-order chi connectivity index (χ0) is 28.1. The van der Waals surface area contributed by atoms with Crippen LogP contribution in [0, 0.1) is 5.82 Å². The van der Waals surface area contributed by atoms with E-state index in [2.05, 4.69) is 15.1 Å². The van der Waals surface area contributed by atoms with Gasteiger partial charge in [-0.2, -0.15) is 5.10 Å². The summed E-state index contributed by atoms with van der Waals surface area (Å²) in [5.41, 5.74) is 4.60. The highest BCUT2D eigenvalue weighted by molar-refractivity contribution is 5.95. The lowest BCUT2D eigenvalue weighted by molar-refractivity contribution is -0.124. The molecule has 3 aromatic carbocycles. The van der Waals surface area contributed by atoms with Crippen molar-refractivity contribution in [2.45, 2.75) is 13.0 Å². The largest absolute Gasteiger partial charge is 0.336 e. The summed E-state index contributed by atoms with van der Waals surface area (Å²) in [7, 11) is 0. The van der Waals surface area contributed by atoms with Gasteiger partial charge in [-0.05, 0) is 41.0 Å². The van der Waals surface area contributed by atoms with E-state index in [1.165, 1.54) is 12.1 Å². The number of hydrogen-bond acceptors (Lipinski definition) is 6. The lowest BCUT2D eigenvalue weighted by atomic mass is 10.0. The van der Waals surface area contributed by atoms with Crippen LogP contribution >= 0.6 is 0 Å². The van der Waals surface area contributed by atoms with E-state index in [0.717, 1.165) is 22.1 Å². The van der Waals surface area contributed by atoms with E-state index in [1.807, 2.05) is 36.4 Å². The van der Waals surface area contributed by atoms with Gasteiger partial charge in [0.05, 0.1) is 16.6 Å². The monoisotopic (exact) mass is 541 g/mol. The van der Waals surface area contributed by atoms with Crippen molar-refractivity contribution in [3.63, 3.8) is 0 Å². The average molecular weight is 542 g/mol. The number of hydrogen-bond donors (Lipinski definition) is 3. The number of fused-ring (bicyclic) bond motifs is 1. The standard InChI is InChI=1S/C30H28FN5O4/c31-26-11-9-22(18-27-23-3-1-2-4-24(23)29(38)33-32-27)17-25(26)30(39)36-15-13-35(14-16-36)19-21-7-5-20(6-8-21)10-12-28(37)34-40/h1-12,17,40H,13-16,18-19H2,(H,33,38)(H,34,37)/b12-10+. The third-order valence-corrected chi connectivity index (χ3v) is 6.99. The molecule has 2 heterocycles. The number of amides is 2. The highest BCUT2D eigenvalue weighted by Gasteiger charge is 2.24. The molecule has 1 aliphatic rings. The maximum atomic E-state index is 14.8. The highest BCUT2D eigenvalue weighted by atomic mass is 19.1. The Balaban J connectivity index is 1.21. The van der Waals surface area contributed by atoms with Crippen molar-refractivity contribution in [3.8, 4) is 0 Å². The lowest BCUT2D eigenvalue weighted by Gasteiger charge is -2.35. The SMILES string of the molecule is O=C(/C=C/c1ccc(CN2CCN(C(=O)c3cc(Cc4n[nH]c(=O)c5ccccc45)ccc3F)CC2)cc1)NO. The quantitative estimate of drug-likeness (QED) is 0.188. The first-order chi connectivity index (χ1) is 19.4. The van der Waals surface area contributed by atoms with Crippen LogP contribution in [0.15, 0.2) is 77.6 Å². The number of halogens is 1. The molecule has 0 bridgehead atoms. The summed E-state index contributed by atoms with van der Waals surface area (Å²) >= 11 is 0. The molecule has 1 aliphatic heterocycles. The summed E-state index contributed by atoms with van der Waals surface area (Å²) < 4.78 is 14.8. The van der Waals surface area contributed by atoms with Crippen LogP contribution in [0.3, 0.4) is 0 Å². The summed E-state index contributed by atoms with van der Waals surface area (Å²) in [4.78, 5) is 40.4. The van der Waals surface area contributed by atoms with Crippen LogP contribution in [0.4, 0.5) is 4.39 Å². The van der Waals surface area contributed by atoms with Gasteiger partial charge in [-0.15, -0.1) is 0 Å². The number of nitrogens with one attached hydrogen (secondary N) is 2. The van der Waals surface area contributed by atoms with Crippen LogP contribution in [-0.2, 0) is 17.8 Å². The van der Waals surface area contributed by atoms with Gasteiger partial charge >= 0.3 is 0 Å². The highest BCUT2D eigenvalue weighted by Crippen LogP contribution is 2.20. The van der Waals surface area contributed by atoms with Gasteiger partial charge in [0.1, 0.15) is 5.82 Å². The normalized spacial score (nSPS) is 14.1. The molecule has 0 radical (unpaired) electrons. The molecule has 0 spiro atoms. The van der Waals surface area contributed by atoms with E-state index in [9.17, 15) is 18.8 Å². The summed E-state index contributed by atoms with van der Waals surface area (Å²) in [5, 5.41) is 16.5. The molecule has 1 fully saturated rings. The van der Waals surface area contributed by atoms with Crippen molar-refractivity contribution in [3.05, 3.63) is 117 Å². The first-order valence-corrected chi connectivity index (χ1v) is 12.9. The smallest absolute Gasteiger partial charge is 0.272 e. The molecule has 0 unspecified atom stereocenters. The zero-order valence-electron chi connectivity index (χ0n) is 21.6. The number of benzene rings is 3. The fourth-order valence-electron chi connectivity index (χ4n) is 4.83. The maximum absolute atomic E-state index is 14.8. The van der Waals surface area contributed by atoms with E-state index in [-0.39, 0.29) is 17.0 Å². The Labute approximate surface area is 229 Å². The van der Waals surface area contributed by atoms with Crippen molar-refractivity contribution >= 4 is 28.7 Å². The minimum absolute atomic E-state index is 0.0261. The molecular formula is C30H28FN5O4. The molecule has 9 nitrogen and oxygen atoms in total. The Morgan fingerprint density at radius 2 is 1.68 bits per heavy atom. The van der Waals surface area contributed by atoms with Crippen LogP contribution in [0.5, 0.6) is 0 Å². The molecule has 5 rings (SSSR count). The zero-order valence-corrected chi connectivity index (χ0v) is 21.6. The second-order valence-corrected chi connectivity index (χ2v) is 9.66. The fraction of sp³-hybridized carbons (Fsp3) is 0.200. The minimum atomic E-state index is -0.595. The number of nitrogens with zero attached hydrogens (tertiary/aromatic N) is 3. The molecule has 204 valence electrons. The molecule has 1 aromatic heterocycles. The summed E-state index contributed by atoms with van der Waals surface area (Å²) in [5.74, 6) is -1.51. The van der Waals surface area contributed by atoms with Gasteiger partial charge in [-0.25, -0.2) is 15.0 Å². The Hall–Kier alpha value is -4.67. The number of hydroxylamine groups is 1. The molecule has 3 N–H and O–H groups in total. The average Bonchev–Trinajstić information content (AvgIpc) is 2.99. The predicted octanol–water partition coefficient (Wildman–Crippen LogP) is 3.13. The van der Waals surface area contributed by atoms with E-state index in [1.54, 1.807) is 40.7 Å². The van der Waals surface area contributed by atoms with Crippen LogP contribution in [0.1, 0.15) is 32.7 Å². The Morgan fingerprint density at radius 1 is 0.975 bits per heavy atom. The van der Waals surface area contributed by atoms with Crippen molar-refractivity contribution in [1.82, 2.24) is 25.5 Å². The third-order valence-electron chi connectivity index (χ3n) is 6.99. The van der Waals surface area contributed by atoms with Gasteiger partial charge < -0.3 is 4.90 Å². The molecule has 40 heavy (non-hydrogen) atoms. The number of carbonyl (C=O) groups excluding carboxylic acids is 2. The summed E-state index contributed by atoms with van der Waals surface area (Å²) in [6, 6.07) is 19.4. The number of rotatable bonds is 7. The van der Waals surface area contributed by atoms with Gasteiger partial charge in [-0.3, -0.25) is 24.5 Å². The van der Waals surface area contributed by atoms with Gasteiger partial charge in [0.15, 0.2) is 0 Å². The Bertz CT molecular complexity index is 1630. The molecule has 0 saturated carbocycles. The second-order valence-electron chi connectivity index (χ2n) is 9.66. The maximum Gasteiger partial charge on any atom is 0.272 e. The van der Waals surface area contributed by atoms with E-state index in [0.29, 0.717) is 50.2 Å². The van der Waals surface area contributed by atoms with Crippen LogP contribution in [-0.4, -0.2) is 63.2 Å².